The van der Waals surface area contributed by atoms with Crippen LogP contribution in [0.5, 0.6) is 0 Å². The second-order valence-corrected chi connectivity index (χ2v) is 4.93. The van der Waals surface area contributed by atoms with Crippen molar-refractivity contribution in [3.63, 3.8) is 0 Å². The molecule has 17 heavy (non-hydrogen) atoms. The molecule has 0 spiro atoms. The van der Waals surface area contributed by atoms with Crippen LogP contribution in [-0.4, -0.2) is 18.5 Å². The summed E-state index contributed by atoms with van der Waals surface area (Å²) in [6.07, 6.45) is 4.01. The SMILES string of the molecule is Cc1ccc(C(=O)CC2CCCCO2)c(C)c1. The normalized spacial score (nSPS) is 20.2. The van der Waals surface area contributed by atoms with E-state index in [1.807, 2.05) is 26.0 Å². The average molecular weight is 232 g/mol. The quantitative estimate of drug-likeness (QED) is 0.746. The summed E-state index contributed by atoms with van der Waals surface area (Å²) in [5, 5.41) is 0. The number of ether oxygens (including phenoxy) is 1. The van der Waals surface area contributed by atoms with Crippen molar-refractivity contribution in [2.24, 2.45) is 0 Å². The smallest absolute Gasteiger partial charge is 0.165 e. The van der Waals surface area contributed by atoms with Crippen LogP contribution < -0.4 is 0 Å². The monoisotopic (exact) mass is 232 g/mol. The van der Waals surface area contributed by atoms with Crippen LogP contribution in [0.15, 0.2) is 18.2 Å². The lowest BCUT2D eigenvalue weighted by Crippen LogP contribution is -2.22. The van der Waals surface area contributed by atoms with Crippen molar-refractivity contribution in [1.29, 1.82) is 0 Å². The van der Waals surface area contributed by atoms with E-state index in [4.69, 9.17) is 4.74 Å². The van der Waals surface area contributed by atoms with Crippen molar-refractivity contribution < 1.29 is 9.53 Å². The van der Waals surface area contributed by atoms with Gasteiger partial charge in [-0.25, -0.2) is 0 Å². The highest BCUT2D eigenvalue weighted by Crippen LogP contribution is 2.19. The Morgan fingerprint density at radius 2 is 2.18 bits per heavy atom. The van der Waals surface area contributed by atoms with E-state index in [0.717, 1.165) is 30.6 Å². The van der Waals surface area contributed by atoms with Gasteiger partial charge in [-0.2, -0.15) is 0 Å². The fourth-order valence-electron chi connectivity index (χ4n) is 2.41. The number of ketones is 1. The largest absolute Gasteiger partial charge is 0.378 e. The Balaban J connectivity index is 2.03. The summed E-state index contributed by atoms with van der Waals surface area (Å²) in [5.74, 6) is 0.217. The van der Waals surface area contributed by atoms with E-state index in [1.54, 1.807) is 0 Å². The Morgan fingerprint density at radius 1 is 1.35 bits per heavy atom. The van der Waals surface area contributed by atoms with Gasteiger partial charge in [0.15, 0.2) is 5.78 Å². The van der Waals surface area contributed by atoms with Crippen molar-refractivity contribution in [3.8, 4) is 0 Å². The number of rotatable bonds is 3. The zero-order valence-corrected chi connectivity index (χ0v) is 10.7. The Kier molecular flexibility index (Phi) is 3.95. The van der Waals surface area contributed by atoms with Crippen LogP contribution >= 0.6 is 0 Å². The first-order valence-electron chi connectivity index (χ1n) is 6.39. The zero-order chi connectivity index (χ0) is 12.3. The van der Waals surface area contributed by atoms with Gasteiger partial charge in [0.05, 0.1) is 6.10 Å². The minimum atomic E-state index is 0.136. The molecular weight excluding hydrogens is 212 g/mol. The number of carbonyl (C=O) groups excluding carboxylic acids is 1. The first kappa shape index (κ1) is 12.3. The molecule has 0 aliphatic carbocycles. The van der Waals surface area contributed by atoms with Crippen LogP contribution in [0.1, 0.15) is 47.2 Å². The Bertz CT molecular complexity index is 403. The maximum atomic E-state index is 12.2. The molecule has 1 aliphatic heterocycles. The molecule has 1 aromatic rings. The van der Waals surface area contributed by atoms with E-state index in [0.29, 0.717) is 6.42 Å². The summed E-state index contributed by atoms with van der Waals surface area (Å²) in [7, 11) is 0. The minimum absolute atomic E-state index is 0.136. The van der Waals surface area contributed by atoms with Crippen molar-refractivity contribution in [3.05, 3.63) is 34.9 Å². The first-order chi connectivity index (χ1) is 8.16. The molecule has 0 aromatic heterocycles. The summed E-state index contributed by atoms with van der Waals surface area (Å²) in [5.41, 5.74) is 3.13. The van der Waals surface area contributed by atoms with Gasteiger partial charge in [-0.3, -0.25) is 4.79 Å². The molecule has 1 fully saturated rings. The van der Waals surface area contributed by atoms with Crippen LogP contribution in [0.2, 0.25) is 0 Å². The highest BCUT2D eigenvalue weighted by Gasteiger charge is 2.19. The van der Waals surface area contributed by atoms with Crippen LogP contribution in [-0.2, 0) is 4.74 Å². The van der Waals surface area contributed by atoms with Gasteiger partial charge in [0.2, 0.25) is 0 Å². The molecule has 0 N–H and O–H groups in total. The highest BCUT2D eigenvalue weighted by atomic mass is 16.5. The van der Waals surface area contributed by atoms with Crippen LogP contribution in [0, 0.1) is 13.8 Å². The van der Waals surface area contributed by atoms with E-state index in [-0.39, 0.29) is 11.9 Å². The Hall–Kier alpha value is -1.15. The van der Waals surface area contributed by atoms with Gasteiger partial charge in [0.1, 0.15) is 0 Å². The van der Waals surface area contributed by atoms with Crippen LogP contribution in [0.25, 0.3) is 0 Å². The maximum absolute atomic E-state index is 12.2. The van der Waals surface area contributed by atoms with E-state index < -0.39 is 0 Å². The van der Waals surface area contributed by atoms with Gasteiger partial charge in [0, 0.05) is 18.6 Å². The Morgan fingerprint density at radius 3 is 2.82 bits per heavy atom. The standard InChI is InChI=1S/C15H20O2/c1-11-6-7-14(12(2)9-11)15(16)10-13-5-3-4-8-17-13/h6-7,9,13H,3-5,8,10H2,1-2H3. The Labute approximate surface area is 103 Å². The van der Waals surface area contributed by atoms with Gasteiger partial charge in [-0.05, 0) is 38.7 Å². The number of carbonyl (C=O) groups is 1. The minimum Gasteiger partial charge on any atom is -0.378 e. The number of Topliss-reactive ketones (excluding diaryl/α,β-unsaturated/α-hetero) is 1. The molecule has 1 unspecified atom stereocenters. The third-order valence-corrected chi connectivity index (χ3v) is 3.37. The summed E-state index contributed by atoms with van der Waals surface area (Å²) in [6.45, 7) is 4.86. The molecule has 1 atom stereocenters. The molecule has 0 bridgehead atoms. The van der Waals surface area contributed by atoms with Gasteiger partial charge in [-0.1, -0.05) is 23.8 Å². The van der Waals surface area contributed by atoms with E-state index in [2.05, 4.69) is 6.07 Å². The summed E-state index contributed by atoms with van der Waals surface area (Å²) < 4.78 is 5.61. The average Bonchev–Trinajstić information content (AvgIpc) is 2.30. The predicted molar refractivity (Wildman–Crippen MR) is 68.5 cm³/mol. The van der Waals surface area contributed by atoms with Crippen molar-refractivity contribution in [1.82, 2.24) is 0 Å². The molecule has 1 heterocycles. The van der Waals surface area contributed by atoms with Crippen molar-refractivity contribution in [2.45, 2.75) is 45.6 Å². The second kappa shape index (κ2) is 5.46. The topological polar surface area (TPSA) is 26.3 Å². The molecule has 92 valence electrons. The fourth-order valence-corrected chi connectivity index (χ4v) is 2.41. The molecule has 2 rings (SSSR count). The predicted octanol–water partition coefficient (Wildman–Crippen LogP) is 3.45. The molecule has 2 heteroatoms. The van der Waals surface area contributed by atoms with Crippen LogP contribution in [0.3, 0.4) is 0 Å². The number of aryl methyl sites for hydroxylation is 2. The molecule has 2 nitrogen and oxygen atoms in total. The molecule has 0 saturated carbocycles. The van der Waals surface area contributed by atoms with Crippen molar-refractivity contribution in [2.75, 3.05) is 6.61 Å². The van der Waals surface area contributed by atoms with Gasteiger partial charge < -0.3 is 4.74 Å². The molecule has 1 saturated heterocycles. The third-order valence-electron chi connectivity index (χ3n) is 3.37. The van der Waals surface area contributed by atoms with E-state index in [1.165, 1.54) is 12.0 Å². The number of hydrogen-bond donors (Lipinski definition) is 0. The van der Waals surface area contributed by atoms with E-state index >= 15 is 0 Å². The highest BCUT2D eigenvalue weighted by molar-refractivity contribution is 5.97. The summed E-state index contributed by atoms with van der Waals surface area (Å²) in [6, 6.07) is 6.01. The molecule has 0 amide bonds. The number of hydrogen-bond acceptors (Lipinski definition) is 2. The lowest BCUT2D eigenvalue weighted by Gasteiger charge is -2.22. The van der Waals surface area contributed by atoms with Gasteiger partial charge in [0.25, 0.3) is 0 Å². The van der Waals surface area contributed by atoms with Crippen LogP contribution in [0.4, 0.5) is 0 Å². The molecular formula is C15H20O2. The van der Waals surface area contributed by atoms with E-state index in [9.17, 15) is 4.79 Å². The lowest BCUT2D eigenvalue weighted by molar-refractivity contribution is 0.0129. The van der Waals surface area contributed by atoms with Crippen molar-refractivity contribution >= 4 is 5.78 Å². The molecule has 1 aliphatic rings. The molecule has 0 radical (unpaired) electrons. The summed E-state index contributed by atoms with van der Waals surface area (Å²) >= 11 is 0. The van der Waals surface area contributed by atoms with Gasteiger partial charge >= 0.3 is 0 Å². The maximum Gasteiger partial charge on any atom is 0.165 e. The third kappa shape index (κ3) is 3.16. The second-order valence-electron chi connectivity index (χ2n) is 4.93. The zero-order valence-electron chi connectivity index (χ0n) is 10.7. The summed E-state index contributed by atoms with van der Waals surface area (Å²) in [4.78, 5) is 12.2. The molecule has 1 aromatic carbocycles. The fraction of sp³-hybridized carbons (Fsp3) is 0.533. The number of benzene rings is 1. The first-order valence-corrected chi connectivity index (χ1v) is 6.39. The van der Waals surface area contributed by atoms with Gasteiger partial charge in [-0.15, -0.1) is 0 Å². The lowest BCUT2D eigenvalue weighted by atomic mass is 9.96.